The third-order valence-electron chi connectivity index (χ3n) is 1.54. The maximum atomic E-state index is 5.66. The third kappa shape index (κ3) is 0.914. The lowest BCUT2D eigenvalue weighted by molar-refractivity contribution is 0.0816. The molecule has 0 fully saturated rings. The predicted octanol–water partition coefficient (Wildman–Crippen LogP) is 1.07. The molecule has 0 spiro atoms. The van der Waals surface area contributed by atoms with Gasteiger partial charge < -0.3 is 9.30 Å². The zero-order chi connectivity index (χ0) is 6.97. The molecule has 0 aromatic carbocycles. The molecule has 0 saturated heterocycles. The first kappa shape index (κ1) is 6.19. The van der Waals surface area contributed by atoms with E-state index in [9.17, 15) is 0 Å². The third-order valence-corrected chi connectivity index (χ3v) is 1.72. The predicted molar refractivity (Wildman–Crippen MR) is 36.9 cm³/mol. The molecule has 54 valence electrons. The first-order valence-electron chi connectivity index (χ1n) is 3.15. The number of hydrogen-bond donors (Lipinski definition) is 0. The van der Waals surface area contributed by atoms with Crippen molar-refractivity contribution in [2.75, 3.05) is 6.61 Å². The first-order valence-corrected chi connectivity index (χ1v) is 3.53. The minimum absolute atomic E-state index is 0.556. The van der Waals surface area contributed by atoms with Crippen LogP contribution in [0, 0.1) is 0 Å². The van der Waals surface area contributed by atoms with Crippen LogP contribution < -0.4 is 0 Å². The largest absolute Gasteiger partial charge is 0.372 e. The average Bonchev–Trinajstić information content (AvgIpc) is 2.27. The molecule has 4 heteroatoms. The van der Waals surface area contributed by atoms with Crippen molar-refractivity contribution in [3.8, 4) is 0 Å². The van der Waals surface area contributed by atoms with E-state index in [1.807, 2.05) is 10.8 Å². The summed E-state index contributed by atoms with van der Waals surface area (Å²) in [6, 6.07) is 0. The number of fused-ring (bicyclic) bond motifs is 1. The highest BCUT2D eigenvalue weighted by Crippen LogP contribution is 2.12. The van der Waals surface area contributed by atoms with Gasteiger partial charge in [-0.2, -0.15) is 0 Å². The molecule has 0 bridgehead atoms. The Kier molecular flexibility index (Phi) is 1.39. The Hall–Kier alpha value is -0.540. The summed E-state index contributed by atoms with van der Waals surface area (Å²) in [6.07, 6.45) is 1.83. The highest BCUT2D eigenvalue weighted by atomic mass is 35.5. The molecule has 1 aliphatic heterocycles. The number of nitrogens with zero attached hydrogens (tertiary/aromatic N) is 2. The minimum Gasteiger partial charge on any atom is -0.372 e. The van der Waals surface area contributed by atoms with Crippen molar-refractivity contribution in [2.24, 2.45) is 0 Å². The Morgan fingerprint density at radius 1 is 1.70 bits per heavy atom. The van der Waals surface area contributed by atoms with E-state index in [0.717, 1.165) is 19.0 Å². The fraction of sp³-hybridized carbons (Fsp3) is 0.500. The number of rotatable bonds is 0. The van der Waals surface area contributed by atoms with Crippen molar-refractivity contribution in [3.05, 3.63) is 17.2 Å². The van der Waals surface area contributed by atoms with Gasteiger partial charge in [0.2, 0.25) is 0 Å². The summed E-state index contributed by atoms with van der Waals surface area (Å²) in [7, 11) is 0. The van der Waals surface area contributed by atoms with Crippen LogP contribution in [-0.4, -0.2) is 16.2 Å². The van der Waals surface area contributed by atoms with E-state index in [1.165, 1.54) is 0 Å². The van der Waals surface area contributed by atoms with E-state index in [4.69, 9.17) is 16.3 Å². The molecular formula is C6H7ClN2O. The summed E-state index contributed by atoms with van der Waals surface area (Å²) in [5.41, 5.74) is 0. The SMILES string of the molecule is Clc1cn2c(n1)COCC2. The molecule has 1 aliphatic rings. The molecule has 0 aliphatic carbocycles. The minimum atomic E-state index is 0.556. The molecule has 1 aromatic rings. The summed E-state index contributed by atoms with van der Waals surface area (Å²) in [4.78, 5) is 4.05. The lowest BCUT2D eigenvalue weighted by Gasteiger charge is -2.12. The van der Waals surface area contributed by atoms with Gasteiger partial charge in [-0.05, 0) is 0 Å². The average molecular weight is 159 g/mol. The van der Waals surface area contributed by atoms with Crippen LogP contribution in [0.4, 0.5) is 0 Å². The normalized spacial score (nSPS) is 16.9. The van der Waals surface area contributed by atoms with Gasteiger partial charge in [0.25, 0.3) is 0 Å². The Bertz CT molecular complexity index is 222. The second-order valence-corrected chi connectivity index (χ2v) is 2.61. The van der Waals surface area contributed by atoms with Gasteiger partial charge in [0, 0.05) is 12.7 Å². The maximum Gasteiger partial charge on any atom is 0.147 e. The molecule has 0 unspecified atom stereocenters. The monoisotopic (exact) mass is 158 g/mol. The van der Waals surface area contributed by atoms with Crippen molar-refractivity contribution >= 4 is 11.6 Å². The van der Waals surface area contributed by atoms with Crippen LogP contribution in [0.3, 0.4) is 0 Å². The quantitative estimate of drug-likeness (QED) is 0.565. The van der Waals surface area contributed by atoms with Crippen LogP contribution in [0.25, 0.3) is 0 Å². The molecule has 0 amide bonds. The van der Waals surface area contributed by atoms with Crippen LogP contribution in [-0.2, 0) is 17.9 Å². The van der Waals surface area contributed by atoms with Gasteiger partial charge in [-0.15, -0.1) is 0 Å². The van der Waals surface area contributed by atoms with Gasteiger partial charge in [0.1, 0.15) is 17.6 Å². The van der Waals surface area contributed by atoms with Crippen molar-refractivity contribution < 1.29 is 4.74 Å². The lowest BCUT2D eigenvalue weighted by atomic mass is 10.5. The van der Waals surface area contributed by atoms with Crippen molar-refractivity contribution in [2.45, 2.75) is 13.2 Å². The second-order valence-electron chi connectivity index (χ2n) is 2.23. The maximum absolute atomic E-state index is 5.66. The highest BCUT2D eigenvalue weighted by molar-refractivity contribution is 6.29. The van der Waals surface area contributed by atoms with Crippen molar-refractivity contribution in [1.29, 1.82) is 0 Å². The Morgan fingerprint density at radius 2 is 2.60 bits per heavy atom. The first-order chi connectivity index (χ1) is 4.86. The number of aromatic nitrogens is 2. The van der Waals surface area contributed by atoms with E-state index in [1.54, 1.807) is 0 Å². The summed E-state index contributed by atoms with van der Waals surface area (Å²) in [5, 5.41) is 0.556. The van der Waals surface area contributed by atoms with Crippen LogP contribution in [0.1, 0.15) is 5.82 Å². The van der Waals surface area contributed by atoms with Gasteiger partial charge in [0.05, 0.1) is 6.61 Å². The zero-order valence-electron chi connectivity index (χ0n) is 5.38. The van der Waals surface area contributed by atoms with Gasteiger partial charge in [0.15, 0.2) is 0 Å². The van der Waals surface area contributed by atoms with Crippen LogP contribution in [0.5, 0.6) is 0 Å². The molecule has 10 heavy (non-hydrogen) atoms. The fourth-order valence-corrected chi connectivity index (χ4v) is 1.27. The van der Waals surface area contributed by atoms with E-state index >= 15 is 0 Å². The standard InChI is InChI=1S/C6H7ClN2O/c7-5-3-9-1-2-10-4-6(9)8-5/h3H,1-2,4H2. The number of imidazole rings is 1. The molecule has 1 aromatic heterocycles. The second kappa shape index (κ2) is 2.25. The number of hydrogen-bond acceptors (Lipinski definition) is 2. The molecule has 2 heterocycles. The fourth-order valence-electron chi connectivity index (χ4n) is 1.05. The van der Waals surface area contributed by atoms with E-state index < -0.39 is 0 Å². The summed E-state index contributed by atoms with van der Waals surface area (Å²) in [5.74, 6) is 0.927. The summed E-state index contributed by atoms with van der Waals surface area (Å²) < 4.78 is 7.19. The van der Waals surface area contributed by atoms with Crippen molar-refractivity contribution in [1.82, 2.24) is 9.55 Å². The number of halogens is 1. The van der Waals surface area contributed by atoms with Gasteiger partial charge in [-0.1, -0.05) is 11.6 Å². The van der Waals surface area contributed by atoms with Crippen molar-refractivity contribution in [3.63, 3.8) is 0 Å². The van der Waals surface area contributed by atoms with Gasteiger partial charge >= 0.3 is 0 Å². The van der Waals surface area contributed by atoms with Crippen LogP contribution in [0.2, 0.25) is 5.15 Å². The number of ether oxygens (including phenoxy) is 1. The molecule has 0 N–H and O–H groups in total. The molecular weight excluding hydrogens is 152 g/mol. The van der Waals surface area contributed by atoms with E-state index in [2.05, 4.69) is 4.98 Å². The van der Waals surface area contributed by atoms with E-state index in [-0.39, 0.29) is 0 Å². The molecule has 0 atom stereocenters. The van der Waals surface area contributed by atoms with Gasteiger partial charge in [-0.3, -0.25) is 0 Å². The topological polar surface area (TPSA) is 27.1 Å². The molecule has 0 saturated carbocycles. The van der Waals surface area contributed by atoms with Crippen LogP contribution in [0.15, 0.2) is 6.20 Å². The Labute approximate surface area is 63.6 Å². The summed E-state index contributed by atoms with van der Waals surface area (Å²) in [6.45, 7) is 2.22. The van der Waals surface area contributed by atoms with E-state index in [0.29, 0.717) is 11.8 Å². The Morgan fingerprint density at radius 3 is 3.40 bits per heavy atom. The lowest BCUT2D eigenvalue weighted by Crippen LogP contribution is -2.15. The molecule has 2 rings (SSSR count). The smallest absolute Gasteiger partial charge is 0.147 e. The molecule has 0 radical (unpaired) electrons. The highest BCUT2D eigenvalue weighted by Gasteiger charge is 2.10. The van der Waals surface area contributed by atoms with Crippen LogP contribution >= 0.6 is 11.6 Å². The zero-order valence-corrected chi connectivity index (χ0v) is 6.14. The Balaban J connectivity index is 2.41. The van der Waals surface area contributed by atoms with Gasteiger partial charge in [-0.25, -0.2) is 4.98 Å². The summed E-state index contributed by atoms with van der Waals surface area (Å²) >= 11 is 5.66. The molecule has 3 nitrogen and oxygen atoms in total.